The zero-order valence-electron chi connectivity index (χ0n) is 16.8. The zero-order chi connectivity index (χ0) is 21.3. The van der Waals surface area contributed by atoms with Gasteiger partial charge in [-0.2, -0.15) is 0 Å². The summed E-state index contributed by atoms with van der Waals surface area (Å²) in [6, 6.07) is 22.4. The second-order valence-electron chi connectivity index (χ2n) is 8.33. The second-order valence-corrected chi connectivity index (χ2v) is 8.33. The van der Waals surface area contributed by atoms with Gasteiger partial charge in [0.25, 0.3) is 0 Å². The fourth-order valence-corrected chi connectivity index (χ4v) is 6.08. The van der Waals surface area contributed by atoms with E-state index in [1.54, 1.807) is 24.3 Å². The Labute approximate surface area is 179 Å². The minimum Gasteiger partial charge on any atom is -0.495 e. The van der Waals surface area contributed by atoms with E-state index in [0.29, 0.717) is 11.4 Å². The minimum absolute atomic E-state index is 0.268. The van der Waals surface area contributed by atoms with Crippen LogP contribution in [0.1, 0.15) is 28.2 Å². The Kier molecular flexibility index (Phi) is 3.58. The summed E-state index contributed by atoms with van der Waals surface area (Å²) < 4.78 is 5.44. The number of carbonyl (C=O) groups excluding carboxylic acids is 3. The van der Waals surface area contributed by atoms with Crippen molar-refractivity contribution in [2.45, 2.75) is 11.3 Å². The quantitative estimate of drug-likeness (QED) is 0.491. The number of nitrogens with zero attached hydrogens (tertiary/aromatic N) is 1. The van der Waals surface area contributed by atoms with Crippen LogP contribution in [0.3, 0.4) is 0 Å². The number of rotatable bonds is 3. The van der Waals surface area contributed by atoms with Crippen molar-refractivity contribution in [3.05, 3.63) is 95.1 Å². The summed E-state index contributed by atoms with van der Waals surface area (Å²) in [5.74, 6) is -1.86. The molecule has 3 aromatic carbocycles. The largest absolute Gasteiger partial charge is 0.495 e. The van der Waals surface area contributed by atoms with Crippen LogP contribution in [0.25, 0.3) is 0 Å². The summed E-state index contributed by atoms with van der Waals surface area (Å²) in [6.07, 6.45) is 0.884. The maximum Gasteiger partial charge on any atom is 0.239 e. The van der Waals surface area contributed by atoms with Gasteiger partial charge in [-0.25, -0.2) is 4.90 Å². The molecule has 2 amide bonds. The lowest BCUT2D eigenvalue weighted by Gasteiger charge is -2.51. The van der Waals surface area contributed by atoms with Gasteiger partial charge < -0.3 is 9.53 Å². The summed E-state index contributed by atoms with van der Waals surface area (Å²) in [6.45, 7) is 0. The first kappa shape index (κ1) is 18.1. The highest BCUT2D eigenvalue weighted by atomic mass is 16.5. The molecule has 5 heteroatoms. The van der Waals surface area contributed by atoms with Gasteiger partial charge >= 0.3 is 0 Å². The van der Waals surface area contributed by atoms with Gasteiger partial charge in [0.05, 0.1) is 30.0 Å². The molecule has 1 fully saturated rings. The van der Waals surface area contributed by atoms with E-state index in [9.17, 15) is 14.4 Å². The lowest BCUT2D eigenvalue weighted by atomic mass is 9.48. The van der Waals surface area contributed by atoms with Crippen molar-refractivity contribution in [1.82, 2.24) is 0 Å². The van der Waals surface area contributed by atoms with Crippen LogP contribution in [0.15, 0.2) is 72.8 Å². The average molecular weight is 409 g/mol. The molecular weight excluding hydrogens is 390 g/mol. The summed E-state index contributed by atoms with van der Waals surface area (Å²) in [5, 5.41) is 0. The molecule has 7 rings (SSSR count). The van der Waals surface area contributed by atoms with Crippen LogP contribution >= 0.6 is 0 Å². The minimum atomic E-state index is -1.18. The molecule has 3 aliphatic carbocycles. The van der Waals surface area contributed by atoms with Crippen LogP contribution in [0.2, 0.25) is 0 Å². The topological polar surface area (TPSA) is 63.7 Å². The van der Waals surface area contributed by atoms with E-state index in [0.717, 1.165) is 28.5 Å². The molecule has 0 unspecified atom stereocenters. The Morgan fingerprint density at radius 1 is 0.839 bits per heavy atom. The van der Waals surface area contributed by atoms with Gasteiger partial charge in [-0.05, 0) is 34.4 Å². The van der Waals surface area contributed by atoms with Crippen molar-refractivity contribution in [3.8, 4) is 5.75 Å². The first-order valence-electron chi connectivity index (χ1n) is 10.3. The number of hydrogen-bond donors (Lipinski definition) is 0. The van der Waals surface area contributed by atoms with Gasteiger partial charge in [-0.15, -0.1) is 0 Å². The smallest absolute Gasteiger partial charge is 0.239 e. The van der Waals surface area contributed by atoms with Crippen LogP contribution < -0.4 is 9.64 Å². The van der Waals surface area contributed by atoms with E-state index in [4.69, 9.17) is 4.74 Å². The Morgan fingerprint density at radius 3 is 2.03 bits per heavy atom. The van der Waals surface area contributed by atoms with Gasteiger partial charge in [-0.3, -0.25) is 9.59 Å². The molecule has 31 heavy (non-hydrogen) atoms. The highest BCUT2D eigenvalue weighted by Crippen LogP contribution is 2.63. The molecule has 1 aliphatic heterocycles. The van der Waals surface area contributed by atoms with Crippen molar-refractivity contribution in [1.29, 1.82) is 0 Å². The van der Waals surface area contributed by atoms with E-state index in [1.165, 1.54) is 12.0 Å². The molecule has 0 aromatic heterocycles. The molecule has 2 atom stereocenters. The van der Waals surface area contributed by atoms with Gasteiger partial charge in [0.2, 0.25) is 11.8 Å². The third-order valence-electron chi connectivity index (χ3n) is 7.20. The molecule has 2 bridgehead atoms. The Morgan fingerprint density at radius 2 is 1.42 bits per heavy atom. The number of benzene rings is 3. The average Bonchev–Trinajstić information content (AvgIpc) is 3.09. The Hall–Kier alpha value is -3.73. The maximum atomic E-state index is 13.9. The van der Waals surface area contributed by atoms with E-state index < -0.39 is 17.3 Å². The molecule has 0 saturated carbocycles. The molecule has 152 valence electrons. The Bertz CT molecular complexity index is 1230. The molecule has 0 N–H and O–H groups in total. The first-order chi connectivity index (χ1) is 15.1. The van der Waals surface area contributed by atoms with E-state index in [1.807, 2.05) is 48.5 Å². The number of para-hydroxylation sites is 2. The van der Waals surface area contributed by atoms with Gasteiger partial charge in [0.15, 0.2) is 0 Å². The van der Waals surface area contributed by atoms with Crippen LogP contribution in [0.4, 0.5) is 5.69 Å². The molecule has 4 aliphatic rings. The van der Waals surface area contributed by atoms with E-state index in [-0.39, 0.29) is 17.7 Å². The van der Waals surface area contributed by atoms with Crippen molar-refractivity contribution in [2.24, 2.45) is 11.8 Å². The van der Waals surface area contributed by atoms with Gasteiger partial charge in [0.1, 0.15) is 12.0 Å². The van der Waals surface area contributed by atoms with Crippen molar-refractivity contribution in [3.63, 3.8) is 0 Å². The fourth-order valence-electron chi connectivity index (χ4n) is 6.08. The zero-order valence-corrected chi connectivity index (χ0v) is 16.8. The monoisotopic (exact) mass is 409 g/mol. The summed E-state index contributed by atoms with van der Waals surface area (Å²) in [5.41, 5.74) is 2.81. The lowest BCUT2D eigenvalue weighted by molar-refractivity contribution is -0.128. The predicted molar refractivity (Wildman–Crippen MR) is 114 cm³/mol. The number of methoxy groups -OCH3 is 1. The molecule has 0 spiro atoms. The third-order valence-corrected chi connectivity index (χ3v) is 7.20. The van der Waals surface area contributed by atoms with Crippen molar-refractivity contribution in [2.75, 3.05) is 12.0 Å². The van der Waals surface area contributed by atoms with Crippen LogP contribution in [-0.4, -0.2) is 25.2 Å². The summed E-state index contributed by atoms with van der Waals surface area (Å²) in [7, 11) is 1.51. The van der Waals surface area contributed by atoms with E-state index in [2.05, 4.69) is 0 Å². The van der Waals surface area contributed by atoms with Crippen molar-refractivity contribution < 1.29 is 19.1 Å². The van der Waals surface area contributed by atoms with Gasteiger partial charge in [0, 0.05) is 5.92 Å². The fraction of sp³-hybridized carbons (Fsp3) is 0.192. The Balaban J connectivity index is 1.65. The number of hydrogen-bond acceptors (Lipinski definition) is 4. The first-order valence-corrected chi connectivity index (χ1v) is 10.3. The number of carbonyl (C=O) groups is 3. The second kappa shape index (κ2) is 6.14. The number of amides is 2. The molecule has 5 nitrogen and oxygen atoms in total. The summed E-state index contributed by atoms with van der Waals surface area (Å²) >= 11 is 0. The van der Waals surface area contributed by atoms with Crippen LogP contribution in [-0.2, 0) is 19.8 Å². The maximum absolute atomic E-state index is 13.9. The molecule has 1 heterocycles. The predicted octanol–water partition coefficient (Wildman–Crippen LogP) is 3.44. The van der Waals surface area contributed by atoms with Gasteiger partial charge in [-0.1, -0.05) is 60.7 Å². The van der Waals surface area contributed by atoms with Crippen LogP contribution in [0, 0.1) is 11.8 Å². The number of aldehydes is 1. The molecule has 3 aromatic rings. The summed E-state index contributed by atoms with van der Waals surface area (Å²) in [4.78, 5) is 41.9. The molecule has 0 radical (unpaired) electrons. The lowest BCUT2D eigenvalue weighted by Crippen LogP contribution is -2.54. The third kappa shape index (κ3) is 1.99. The standard InChI is InChI=1S/C26H19NO4/c1-31-20-13-7-6-12-19(20)27-24(29)22-21-15-8-2-4-10-17(15)26(14-28,23(22)25(27)30)18-11-5-3-9-16(18)21/h2-14,21-23H,1H3/t21?,22-,23-,26?/m1/s1. The highest BCUT2D eigenvalue weighted by Gasteiger charge is 2.68. The molecular formula is C26H19NO4. The SMILES string of the molecule is COc1ccccc1N1C(=O)[C@@H]2C3c4ccccc4C(C=O)(c4ccccc43)[C@H]2C1=O. The van der Waals surface area contributed by atoms with Crippen molar-refractivity contribution >= 4 is 23.8 Å². The highest BCUT2D eigenvalue weighted by molar-refractivity contribution is 6.25. The number of anilines is 1. The van der Waals surface area contributed by atoms with Crippen LogP contribution in [0.5, 0.6) is 5.75 Å². The number of imide groups is 1. The molecule has 1 saturated heterocycles. The number of ether oxygens (including phenoxy) is 1. The normalized spacial score (nSPS) is 27.5. The van der Waals surface area contributed by atoms with E-state index >= 15 is 0 Å².